The third-order valence-electron chi connectivity index (χ3n) is 21.6. The maximum absolute atomic E-state index is 14.8. The van der Waals surface area contributed by atoms with E-state index in [4.69, 9.17) is 5.73 Å². The molecule has 0 aliphatic carbocycles. The molecule has 4 aromatic carbocycles. The molecule has 4 heterocycles. The second-order valence-corrected chi connectivity index (χ2v) is 30.8. The number of nitrogens with two attached hydrogens (primary N) is 1. The summed E-state index contributed by atoms with van der Waals surface area (Å²) in [5, 5.41) is 102. The molecule has 20 N–H and O–H groups in total. The summed E-state index contributed by atoms with van der Waals surface area (Å²) >= 11 is 0. The van der Waals surface area contributed by atoms with E-state index in [-0.39, 0.29) is 68.7 Å². The van der Waals surface area contributed by atoms with Crippen LogP contribution in [0, 0.1) is 0 Å². The maximum atomic E-state index is 14.8. The number of hydrogen-bond acceptors (Lipinski definition) is 23. The van der Waals surface area contributed by atoms with E-state index in [0.717, 1.165) is 44.6 Å². The van der Waals surface area contributed by atoms with Gasteiger partial charge in [-0.2, -0.15) is 0 Å². The van der Waals surface area contributed by atoms with E-state index < -0.39 is 97.4 Å². The van der Waals surface area contributed by atoms with Crippen molar-refractivity contribution in [1.29, 1.82) is 0 Å². The number of fused-ring (bicyclic) bond motifs is 4. The second kappa shape index (κ2) is 45.9. The Morgan fingerprint density at radius 2 is 0.912 bits per heavy atom. The van der Waals surface area contributed by atoms with Crippen LogP contribution >= 0.6 is 0 Å². The topological polar surface area (TPSA) is 440 Å². The third-order valence-corrected chi connectivity index (χ3v) is 21.6. The standard InChI is InChI=1S/C83H131N19O12/c1-11-25-55(84)73(104)94-67(29-15-5)77(108)98-69(79(110)97-68(30-16-6)78(109)96-65(27-13-3)75(106)86-42-24-44-102-48-54-46-52(36-38-59(54)88-57(18-8)83(102)114)81(112)100(10)50-71-91-62-33-21-22-34-63(62)92-71)39-40-72(103)93-66(28-14-4)76(107)95-64(26-12-2)74(105)85-41-23-43-101-47-53-45-51(35-37-58(53)87-56(17-7)82(101)113)80(111)99(9)49-70-89-60-31-19-20-32-61(60)90-70/h19-22,31-38,45-46,55-57,64-69,72,74,77-78,82-83,85,87-88,93,96,98,103,105,108-109,113-114H,11-18,23-30,39-44,47-50,84H2,1-10H3,(H,86,106)(H,89,90)(H,91,92)(H,94,104)(H,95,107)(H,97,110)/t55-,56-,57-,64-,65-,66-,67-,68-,69?,72-,74-,77-,78-,82-,83+/m0/s1. The minimum absolute atomic E-state index is 0.121. The summed E-state index contributed by atoms with van der Waals surface area (Å²) < 4.78 is 0. The van der Waals surface area contributed by atoms with Crippen molar-refractivity contribution in [2.45, 2.75) is 289 Å². The molecule has 0 fully saturated rings. The molecule has 2 aromatic heterocycles. The van der Waals surface area contributed by atoms with Crippen molar-refractivity contribution in [1.82, 2.24) is 82.1 Å². The highest BCUT2D eigenvalue weighted by Gasteiger charge is 2.36. The molecule has 31 heteroatoms. The predicted molar refractivity (Wildman–Crippen MR) is 442 cm³/mol. The number of nitrogens with zero attached hydrogens (tertiary/aromatic N) is 6. The van der Waals surface area contributed by atoms with Crippen molar-refractivity contribution in [2.75, 3.05) is 50.9 Å². The first-order chi connectivity index (χ1) is 54.8. The number of para-hydroxylation sites is 4. The molecule has 2 aliphatic heterocycles. The fourth-order valence-corrected chi connectivity index (χ4v) is 15.1. The predicted octanol–water partition coefficient (Wildman–Crippen LogP) is 5.33. The number of rotatable bonds is 48. The lowest BCUT2D eigenvalue weighted by Gasteiger charge is -2.33. The second-order valence-electron chi connectivity index (χ2n) is 30.8. The van der Waals surface area contributed by atoms with Crippen molar-refractivity contribution in [3.8, 4) is 0 Å². The molecule has 0 bridgehead atoms. The first-order valence-electron chi connectivity index (χ1n) is 41.5. The van der Waals surface area contributed by atoms with Gasteiger partial charge in [-0.05, 0) is 155 Å². The van der Waals surface area contributed by atoms with Crippen molar-refractivity contribution in [3.05, 3.63) is 119 Å². The highest BCUT2D eigenvalue weighted by Crippen LogP contribution is 2.31. The summed E-state index contributed by atoms with van der Waals surface area (Å²) in [6, 6.07) is 19.3. The Kier molecular flexibility index (Phi) is 36.7. The van der Waals surface area contributed by atoms with Gasteiger partial charge in [-0.3, -0.25) is 59.8 Å². The Hall–Kier alpha value is -8.28. The van der Waals surface area contributed by atoms with E-state index in [1.165, 1.54) is 0 Å². The molecule has 2 aliphatic rings. The van der Waals surface area contributed by atoms with E-state index in [0.29, 0.717) is 152 Å². The number of aliphatic hydroxyl groups is 6. The minimum atomic E-state index is -1.49. The van der Waals surface area contributed by atoms with E-state index in [1.54, 1.807) is 36.0 Å². The number of carbonyl (C=O) groups is 6. The van der Waals surface area contributed by atoms with Crippen molar-refractivity contribution < 1.29 is 59.4 Å². The zero-order chi connectivity index (χ0) is 82.5. The molecule has 1 unspecified atom stereocenters. The number of aromatic nitrogens is 4. The van der Waals surface area contributed by atoms with E-state index >= 15 is 0 Å². The van der Waals surface area contributed by atoms with Gasteiger partial charge in [-0.15, -0.1) is 0 Å². The number of aliphatic hydroxyl groups excluding tert-OH is 6. The van der Waals surface area contributed by atoms with E-state index in [1.807, 2.05) is 138 Å². The lowest BCUT2D eigenvalue weighted by molar-refractivity contribution is -0.128. The Labute approximate surface area is 671 Å². The smallest absolute Gasteiger partial charge is 0.254 e. The number of imidazole rings is 2. The molecular formula is C83H131N19O12. The van der Waals surface area contributed by atoms with Crippen LogP contribution in [0.5, 0.6) is 0 Å². The molecular weight excluding hydrogens is 1460 g/mol. The van der Waals surface area contributed by atoms with E-state index in [2.05, 4.69) is 73.1 Å². The monoisotopic (exact) mass is 1590 g/mol. The first-order valence-corrected chi connectivity index (χ1v) is 41.5. The number of benzene rings is 4. The van der Waals surface area contributed by atoms with Gasteiger partial charge in [0, 0.05) is 69.3 Å². The Balaban J connectivity index is 0.860. The van der Waals surface area contributed by atoms with Crippen LogP contribution in [0.2, 0.25) is 0 Å². The van der Waals surface area contributed by atoms with Gasteiger partial charge >= 0.3 is 0 Å². The van der Waals surface area contributed by atoms with Crippen LogP contribution in [-0.2, 0) is 45.4 Å². The van der Waals surface area contributed by atoms with Crippen molar-refractivity contribution in [3.63, 3.8) is 0 Å². The molecule has 6 aromatic rings. The molecule has 0 radical (unpaired) electrons. The van der Waals surface area contributed by atoms with Gasteiger partial charge in [0.1, 0.15) is 49.0 Å². The number of H-pyrrole nitrogens is 2. The van der Waals surface area contributed by atoms with Gasteiger partial charge in [0.25, 0.3) is 11.8 Å². The summed E-state index contributed by atoms with van der Waals surface area (Å²) in [7, 11) is 3.47. The molecule has 0 spiro atoms. The molecule has 0 saturated heterocycles. The van der Waals surface area contributed by atoms with Gasteiger partial charge < -0.3 is 88.0 Å². The van der Waals surface area contributed by atoms with Gasteiger partial charge in [0.15, 0.2) is 0 Å². The fourth-order valence-electron chi connectivity index (χ4n) is 15.1. The Morgan fingerprint density at radius 1 is 0.500 bits per heavy atom. The summed E-state index contributed by atoms with van der Waals surface area (Å²) in [5.74, 6) is -1.00. The first kappa shape index (κ1) is 91.2. The molecule has 15 atom stereocenters. The SMILES string of the molecule is CCC[C@H](N[C@@H](O)[C@H](CCC)NC(=O)C(CC[C@H](O)N[C@@H](CCC)C(=O)N[C@@H](CCC)[C@H](O)NCCCN1Cc2cc(C(=O)N(C)Cc3nc4ccccc4[nH]3)ccc2N[C@@H](CC)[C@@H]1O)N[C@@H](O)[C@H](CCC)NC(=O)[C@@H](N)CCC)C(=O)NCCCN1Cc2cc(C(=O)N(C)Cc3nc4ccccc4[nH]3)ccc2N[C@@H](CC)[C@H]1O. The number of hydrogen-bond donors (Lipinski definition) is 19. The third kappa shape index (κ3) is 26.1. The minimum Gasteiger partial charge on any atom is -0.379 e. The molecule has 31 nitrogen and oxygen atoms in total. The van der Waals surface area contributed by atoms with Crippen LogP contribution in [-0.4, -0.2) is 238 Å². The van der Waals surface area contributed by atoms with Gasteiger partial charge in [-0.25, -0.2) is 9.97 Å². The van der Waals surface area contributed by atoms with Crippen molar-refractivity contribution in [2.24, 2.45) is 5.73 Å². The Morgan fingerprint density at radius 3 is 1.35 bits per heavy atom. The molecule has 114 heavy (non-hydrogen) atoms. The van der Waals surface area contributed by atoms with Gasteiger partial charge in [0.05, 0.1) is 89.5 Å². The largest absolute Gasteiger partial charge is 0.379 e. The number of anilines is 2. The van der Waals surface area contributed by atoms with Crippen LogP contribution in [0.4, 0.5) is 11.4 Å². The molecule has 8 rings (SSSR count). The van der Waals surface area contributed by atoms with Crippen LogP contribution in [0.15, 0.2) is 84.9 Å². The molecule has 630 valence electrons. The van der Waals surface area contributed by atoms with Crippen LogP contribution in [0.3, 0.4) is 0 Å². The van der Waals surface area contributed by atoms with Gasteiger partial charge in [0.2, 0.25) is 23.6 Å². The molecule has 0 saturated carbocycles. The average molecular weight is 1590 g/mol. The maximum Gasteiger partial charge on any atom is 0.254 e. The highest BCUT2D eigenvalue weighted by molar-refractivity contribution is 5.96. The molecule has 6 amide bonds. The lowest BCUT2D eigenvalue weighted by atomic mass is 10.0. The van der Waals surface area contributed by atoms with Crippen LogP contribution in [0.25, 0.3) is 22.1 Å². The van der Waals surface area contributed by atoms with Gasteiger partial charge in [-0.1, -0.05) is 118 Å². The number of amides is 6. The lowest BCUT2D eigenvalue weighted by Crippen LogP contribution is -2.61. The normalized spacial score (nSPS) is 18.9. The quantitative estimate of drug-likeness (QED) is 0.0169. The summed E-state index contributed by atoms with van der Waals surface area (Å²) in [6.07, 6.45) is 0.127. The number of aromatic amines is 2. The fraction of sp³-hybridized carbons (Fsp3) is 0.614. The van der Waals surface area contributed by atoms with Crippen LogP contribution < -0.4 is 58.9 Å². The number of carbonyl (C=O) groups excluding carboxylic acids is 6. The zero-order valence-electron chi connectivity index (χ0n) is 68.5. The average Bonchev–Trinajstić information content (AvgIpc) is 1.68. The van der Waals surface area contributed by atoms with Crippen molar-refractivity contribution >= 4 is 68.9 Å². The Bertz CT molecular complexity index is 3930. The number of nitrogens with one attached hydrogen (secondary N) is 12. The summed E-state index contributed by atoms with van der Waals surface area (Å²) in [5.41, 5.74) is 13.9. The summed E-state index contributed by atoms with van der Waals surface area (Å²) in [4.78, 5) is 107. The summed E-state index contributed by atoms with van der Waals surface area (Å²) in [6.45, 7) is 18.0. The van der Waals surface area contributed by atoms with Crippen LogP contribution in [0.1, 0.15) is 214 Å². The highest BCUT2D eigenvalue weighted by atomic mass is 16.3. The van der Waals surface area contributed by atoms with E-state index in [9.17, 15) is 59.4 Å². The zero-order valence-corrected chi connectivity index (χ0v) is 68.5.